The Morgan fingerprint density at radius 1 is 1.06 bits per heavy atom. The van der Waals surface area contributed by atoms with Gasteiger partial charge in [0, 0.05) is 38.3 Å². The molecule has 1 atom stereocenters. The Morgan fingerprint density at radius 3 is 2.69 bits per heavy atom. The molecule has 1 unspecified atom stereocenters. The Balaban J connectivity index is 1.36. The van der Waals surface area contributed by atoms with Crippen molar-refractivity contribution in [2.24, 2.45) is 5.92 Å². The maximum atomic E-state index is 13.0. The molecule has 2 fully saturated rings. The van der Waals surface area contributed by atoms with Gasteiger partial charge in [-0.15, -0.1) is 0 Å². The van der Waals surface area contributed by atoms with Gasteiger partial charge in [-0.05, 0) is 55.5 Å². The van der Waals surface area contributed by atoms with Gasteiger partial charge in [-0.25, -0.2) is 0 Å². The van der Waals surface area contributed by atoms with E-state index in [1.54, 1.807) is 11.0 Å². The molecule has 1 N–H and O–H groups in total. The second kappa shape index (κ2) is 11.3. The quantitative estimate of drug-likeness (QED) is 0.644. The fraction of sp³-hybridized carbons (Fsp3) is 0.423. The Hall–Kier alpha value is -3.49. The third-order valence-electron chi connectivity index (χ3n) is 6.43. The first-order valence-corrected chi connectivity index (χ1v) is 11.9. The molecule has 2 aliphatic heterocycles. The van der Waals surface area contributed by atoms with Gasteiger partial charge in [-0.3, -0.25) is 14.4 Å². The molecule has 2 heterocycles. The molecule has 0 saturated carbocycles. The van der Waals surface area contributed by atoms with Crippen molar-refractivity contribution in [1.29, 1.82) is 0 Å². The van der Waals surface area contributed by atoms with E-state index in [1.165, 1.54) is 23.1 Å². The van der Waals surface area contributed by atoms with Crippen molar-refractivity contribution in [3.63, 3.8) is 0 Å². The summed E-state index contributed by atoms with van der Waals surface area (Å²) in [5.74, 6) is -1.06. The minimum absolute atomic E-state index is 0.0536. The number of likely N-dealkylation sites (tertiary alicyclic amines) is 1. The molecule has 0 bridgehead atoms. The molecule has 0 radical (unpaired) electrons. The molecule has 2 aliphatic rings. The van der Waals surface area contributed by atoms with Gasteiger partial charge < -0.3 is 19.9 Å². The smallest absolute Gasteiger partial charge is 0.387 e. The number of para-hydroxylation sites is 1. The van der Waals surface area contributed by atoms with Crippen LogP contribution in [0.5, 0.6) is 5.75 Å². The van der Waals surface area contributed by atoms with Crippen molar-refractivity contribution >= 4 is 23.4 Å². The number of amides is 3. The number of halogens is 2. The van der Waals surface area contributed by atoms with E-state index in [1.807, 2.05) is 24.3 Å². The van der Waals surface area contributed by atoms with Crippen molar-refractivity contribution in [3.8, 4) is 5.75 Å². The predicted octanol–water partition coefficient (Wildman–Crippen LogP) is 3.97. The number of alkyl halides is 2. The summed E-state index contributed by atoms with van der Waals surface area (Å²) in [5.41, 5.74) is 1.77. The number of benzene rings is 2. The Morgan fingerprint density at radius 2 is 1.89 bits per heavy atom. The summed E-state index contributed by atoms with van der Waals surface area (Å²) >= 11 is 0. The van der Waals surface area contributed by atoms with Crippen LogP contribution in [-0.2, 0) is 16.1 Å². The van der Waals surface area contributed by atoms with E-state index in [0.29, 0.717) is 38.9 Å². The number of piperidine rings is 2. The van der Waals surface area contributed by atoms with E-state index >= 15 is 0 Å². The number of carbonyl (C=O) groups excluding carboxylic acids is 3. The molecular formula is C26H29F2N3O4. The first-order valence-electron chi connectivity index (χ1n) is 11.9. The number of rotatable bonds is 7. The van der Waals surface area contributed by atoms with E-state index in [4.69, 9.17) is 0 Å². The second-order valence-electron chi connectivity index (χ2n) is 8.86. The molecule has 2 aromatic rings. The standard InChI is InChI=1S/C26H29F2N3O4/c27-26(28)35-22-11-2-1-10-21(22)25(34)30-13-6-8-19(17-30)24(33)29-16-18-7-5-9-20(15-18)31-14-4-3-12-23(31)32/h1-2,5,7,9-11,15,19,26H,3-4,6,8,12-14,16-17H2,(H,29,33). The lowest BCUT2D eigenvalue weighted by Crippen LogP contribution is -2.45. The number of nitrogens with one attached hydrogen (secondary N) is 1. The average Bonchev–Trinajstić information content (AvgIpc) is 2.87. The van der Waals surface area contributed by atoms with Crippen LogP contribution in [0.15, 0.2) is 48.5 Å². The van der Waals surface area contributed by atoms with E-state index < -0.39 is 18.4 Å². The molecule has 3 amide bonds. The van der Waals surface area contributed by atoms with Crippen LogP contribution in [0.1, 0.15) is 48.0 Å². The van der Waals surface area contributed by atoms with Crippen molar-refractivity contribution in [2.45, 2.75) is 45.3 Å². The lowest BCUT2D eigenvalue weighted by Gasteiger charge is -2.32. The molecule has 7 nitrogen and oxygen atoms in total. The van der Waals surface area contributed by atoms with Crippen LogP contribution < -0.4 is 15.0 Å². The highest BCUT2D eigenvalue weighted by atomic mass is 19.3. The molecule has 0 aliphatic carbocycles. The fourth-order valence-corrected chi connectivity index (χ4v) is 4.63. The summed E-state index contributed by atoms with van der Waals surface area (Å²) in [6.07, 6.45) is 3.71. The molecular weight excluding hydrogens is 456 g/mol. The van der Waals surface area contributed by atoms with Crippen LogP contribution in [0.4, 0.5) is 14.5 Å². The average molecular weight is 486 g/mol. The second-order valence-corrected chi connectivity index (χ2v) is 8.86. The van der Waals surface area contributed by atoms with Gasteiger partial charge in [0.1, 0.15) is 5.75 Å². The SMILES string of the molecule is O=C(NCc1cccc(N2CCCCC2=O)c1)C1CCCN(C(=O)c2ccccc2OC(F)F)C1. The highest BCUT2D eigenvalue weighted by molar-refractivity contribution is 5.97. The van der Waals surface area contributed by atoms with Crippen molar-refractivity contribution in [1.82, 2.24) is 10.2 Å². The van der Waals surface area contributed by atoms with Crippen LogP contribution >= 0.6 is 0 Å². The molecule has 9 heteroatoms. The van der Waals surface area contributed by atoms with E-state index in [0.717, 1.165) is 24.1 Å². The summed E-state index contributed by atoms with van der Waals surface area (Å²) in [5, 5.41) is 2.94. The number of ether oxygens (including phenoxy) is 1. The highest BCUT2D eigenvalue weighted by Crippen LogP contribution is 2.26. The zero-order valence-electron chi connectivity index (χ0n) is 19.4. The fourth-order valence-electron chi connectivity index (χ4n) is 4.63. The van der Waals surface area contributed by atoms with Crippen LogP contribution in [-0.4, -0.2) is 48.9 Å². The summed E-state index contributed by atoms with van der Waals surface area (Å²) in [7, 11) is 0. The lowest BCUT2D eigenvalue weighted by molar-refractivity contribution is -0.126. The molecule has 186 valence electrons. The van der Waals surface area contributed by atoms with Gasteiger partial charge in [0.2, 0.25) is 11.8 Å². The van der Waals surface area contributed by atoms with Crippen LogP contribution in [0.3, 0.4) is 0 Å². The number of hydrogen-bond acceptors (Lipinski definition) is 4. The summed E-state index contributed by atoms with van der Waals surface area (Å²) in [6, 6.07) is 13.5. The number of carbonyl (C=O) groups is 3. The van der Waals surface area contributed by atoms with Crippen LogP contribution in [0, 0.1) is 5.92 Å². The lowest BCUT2D eigenvalue weighted by atomic mass is 9.96. The van der Waals surface area contributed by atoms with Gasteiger partial charge in [0.05, 0.1) is 11.5 Å². The normalized spacial score (nSPS) is 18.5. The largest absolute Gasteiger partial charge is 0.434 e. The number of hydrogen-bond donors (Lipinski definition) is 1. The number of anilines is 1. The third-order valence-corrected chi connectivity index (χ3v) is 6.43. The monoisotopic (exact) mass is 485 g/mol. The number of nitrogens with zero attached hydrogens (tertiary/aromatic N) is 2. The van der Waals surface area contributed by atoms with E-state index in [9.17, 15) is 23.2 Å². The van der Waals surface area contributed by atoms with Gasteiger partial charge >= 0.3 is 6.61 Å². The molecule has 4 rings (SSSR count). The minimum atomic E-state index is -3.03. The predicted molar refractivity (Wildman–Crippen MR) is 126 cm³/mol. The zero-order valence-corrected chi connectivity index (χ0v) is 19.4. The first-order chi connectivity index (χ1) is 16.9. The molecule has 0 aromatic heterocycles. The molecule has 2 aromatic carbocycles. The highest BCUT2D eigenvalue weighted by Gasteiger charge is 2.30. The van der Waals surface area contributed by atoms with Crippen LogP contribution in [0.25, 0.3) is 0 Å². The van der Waals surface area contributed by atoms with Crippen molar-refractivity contribution in [3.05, 3.63) is 59.7 Å². The Kier molecular flexibility index (Phi) is 7.94. The zero-order chi connectivity index (χ0) is 24.8. The summed E-state index contributed by atoms with van der Waals surface area (Å²) < 4.78 is 30.0. The van der Waals surface area contributed by atoms with Gasteiger partial charge in [-0.2, -0.15) is 8.78 Å². The maximum Gasteiger partial charge on any atom is 0.387 e. The van der Waals surface area contributed by atoms with Gasteiger partial charge in [-0.1, -0.05) is 24.3 Å². The molecule has 2 saturated heterocycles. The molecule has 0 spiro atoms. The van der Waals surface area contributed by atoms with Gasteiger partial charge in [0.15, 0.2) is 0 Å². The van der Waals surface area contributed by atoms with E-state index in [2.05, 4.69) is 10.1 Å². The maximum absolute atomic E-state index is 13.0. The summed E-state index contributed by atoms with van der Waals surface area (Å²) in [4.78, 5) is 41.4. The van der Waals surface area contributed by atoms with Crippen molar-refractivity contribution < 1.29 is 27.9 Å². The van der Waals surface area contributed by atoms with E-state index in [-0.39, 0.29) is 29.7 Å². The van der Waals surface area contributed by atoms with Crippen LogP contribution in [0.2, 0.25) is 0 Å². The topological polar surface area (TPSA) is 79.0 Å². The molecule has 35 heavy (non-hydrogen) atoms. The van der Waals surface area contributed by atoms with Gasteiger partial charge in [0.25, 0.3) is 5.91 Å². The minimum Gasteiger partial charge on any atom is -0.434 e. The summed E-state index contributed by atoms with van der Waals surface area (Å²) in [6.45, 7) is -1.38. The Labute approximate surface area is 203 Å². The Bertz CT molecular complexity index is 1080. The third kappa shape index (κ3) is 6.15. The first kappa shape index (κ1) is 24.6. The van der Waals surface area contributed by atoms with Crippen molar-refractivity contribution in [2.75, 3.05) is 24.5 Å².